The molecule has 0 amide bonds. The van der Waals surface area contributed by atoms with Gasteiger partial charge in [0.2, 0.25) is 0 Å². The Kier molecular flexibility index (Phi) is 4.80. The van der Waals surface area contributed by atoms with Crippen LogP contribution in [0.15, 0.2) is 12.1 Å². The summed E-state index contributed by atoms with van der Waals surface area (Å²) in [4.78, 5) is 0. The van der Waals surface area contributed by atoms with E-state index in [4.69, 9.17) is 9.47 Å². The summed E-state index contributed by atoms with van der Waals surface area (Å²) in [6, 6.07) is 3.64. The molecule has 0 heterocycles. The van der Waals surface area contributed by atoms with Crippen LogP contribution in [0, 0.1) is 13.8 Å². The maximum atomic E-state index is 9.27. The van der Waals surface area contributed by atoms with Gasteiger partial charge in [-0.25, -0.2) is 0 Å². The molecule has 5 heteroatoms. The predicted octanol–water partition coefficient (Wildman–Crippen LogP) is 0.356. The number of aryl methyl sites for hydroxylation is 2. The third kappa shape index (κ3) is 3.23. The van der Waals surface area contributed by atoms with E-state index in [1.807, 2.05) is 26.8 Å². The lowest BCUT2D eigenvalue weighted by Crippen LogP contribution is -2.34. The summed E-state index contributed by atoms with van der Waals surface area (Å²) in [5, 5.41) is 18.5. The normalized spacial score (nSPS) is 10.3. The molecule has 16 heavy (non-hydrogen) atoms. The minimum absolute atomic E-state index is 0.110. The average Bonchev–Trinajstić information content (AvgIpc) is 2.16. The zero-order valence-corrected chi connectivity index (χ0v) is 9.86. The van der Waals surface area contributed by atoms with E-state index in [-0.39, 0.29) is 6.79 Å². The molecule has 0 unspecified atom stereocenters. The molecule has 0 aromatic heterocycles. The highest BCUT2D eigenvalue weighted by molar-refractivity contribution is 6.60. The van der Waals surface area contributed by atoms with Gasteiger partial charge in [0.1, 0.15) is 5.75 Å². The van der Waals surface area contributed by atoms with Crippen molar-refractivity contribution in [1.82, 2.24) is 0 Å². The smallest absolute Gasteiger partial charge is 0.468 e. The highest BCUT2D eigenvalue weighted by atomic mass is 16.7. The summed E-state index contributed by atoms with van der Waals surface area (Å²) >= 11 is 0. The van der Waals surface area contributed by atoms with Gasteiger partial charge in [-0.2, -0.15) is 0 Å². The van der Waals surface area contributed by atoms with Gasteiger partial charge in [0, 0.05) is 12.1 Å². The second kappa shape index (κ2) is 5.89. The van der Waals surface area contributed by atoms with Crippen LogP contribution in [0.3, 0.4) is 0 Å². The first-order chi connectivity index (χ1) is 7.56. The Morgan fingerprint density at radius 3 is 2.50 bits per heavy atom. The Labute approximate surface area is 96.0 Å². The van der Waals surface area contributed by atoms with E-state index >= 15 is 0 Å². The molecular formula is C11H17BO4. The van der Waals surface area contributed by atoms with Crippen LogP contribution in [0.2, 0.25) is 0 Å². The molecular weight excluding hydrogens is 207 g/mol. The molecule has 0 spiro atoms. The second-order valence-electron chi connectivity index (χ2n) is 3.62. The van der Waals surface area contributed by atoms with Gasteiger partial charge in [-0.3, -0.25) is 0 Å². The van der Waals surface area contributed by atoms with E-state index in [0.717, 1.165) is 11.1 Å². The van der Waals surface area contributed by atoms with Crippen LogP contribution < -0.4 is 10.2 Å². The van der Waals surface area contributed by atoms with E-state index in [0.29, 0.717) is 17.8 Å². The van der Waals surface area contributed by atoms with Crippen molar-refractivity contribution in [2.45, 2.75) is 20.8 Å². The van der Waals surface area contributed by atoms with Crippen molar-refractivity contribution >= 4 is 12.6 Å². The van der Waals surface area contributed by atoms with Gasteiger partial charge in [-0.1, -0.05) is 6.07 Å². The molecule has 1 aromatic carbocycles. The van der Waals surface area contributed by atoms with Gasteiger partial charge >= 0.3 is 7.12 Å². The molecule has 0 aliphatic carbocycles. The van der Waals surface area contributed by atoms with E-state index in [1.165, 1.54) is 0 Å². The van der Waals surface area contributed by atoms with Crippen molar-refractivity contribution in [3.8, 4) is 5.75 Å². The molecule has 0 radical (unpaired) electrons. The first kappa shape index (κ1) is 13.0. The predicted molar refractivity (Wildman–Crippen MR) is 62.9 cm³/mol. The van der Waals surface area contributed by atoms with E-state index in [1.54, 1.807) is 6.07 Å². The molecule has 0 saturated heterocycles. The lowest BCUT2D eigenvalue weighted by molar-refractivity contribution is 0.0229. The van der Waals surface area contributed by atoms with Crippen LogP contribution in [0.4, 0.5) is 0 Å². The summed E-state index contributed by atoms with van der Waals surface area (Å²) in [5.41, 5.74) is 2.19. The zero-order valence-electron chi connectivity index (χ0n) is 9.86. The SMILES string of the molecule is CCOCOc1cc(C)cc(C)c1B(O)O. The lowest BCUT2D eigenvalue weighted by atomic mass is 9.76. The van der Waals surface area contributed by atoms with Crippen LogP contribution in [0.25, 0.3) is 0 Å². The maximum Gasteiger partial charge on any atom is 0.492 e. The molecule has 0 saturated carbocycles. The minimum atomic E-state index is -1.53. The number of benzene rings is 1. The zero-order chi connectivity index (χ0) is 12.1. The molecule has 88 valence electrons. The third-order valence-electron chi connectivity index (χ3n) is 2.25. The first-order valence-electron chi connectivity index (χ1n) is 5.24. The summed E-state index contributed by atoms with van der Waals surface area (Å²) in [6.07, 6.45) is 0. The van der Waals surface area contributed by atoms with Crippen molar-refractivity contribution in [2.24, 2.45) is 0 Å². The topological polar surface area (TPSA) is 58.9 Å². The Morgan fingerprint density at radius 2 is 1.94 bits per heavy atom. The highest BCUT2D eigenvalue weighted by Gasteiger charge is 2.20. The summed E-state index contributed by atoms with van der Waals surface area (Å²) in [6.45, 7) is 6.27. The second-order valence-corrected chi connectivity index (χ2v) is 3.62. The van der Waals surface area contributed by atoms with Crippen LogP contribution in [-0.4, -0.2) is 30.6 Å². The van der Waals surface area contributed by atoms with Gasteiger partial charge in [0.05, 0.1) is 0 Å². The quantitative estimate of drug-likeness (QED) is 0.430. The summed E-state index contributed by atoms with van der Waals surface area (Å²) < 4.78 is 10.4. The molecule has 0 fully saturated rings. The number of hydrogen-bond acceptors (Lipinski definition) is 4. The molecule has 0 bridgehead atoms. The van der Waals surface area contributed by atoms with Crippen LogP contribution in [0.5, 0.6) is 5.75 Å². The Hall–Kier alpha value is -1.04. The van der Waals surface area contributed by atoms with E-state index in [9.17, 15) is 10.0 Å². The fourth-order valence-electron chi connectivity index (χ4n) is 1.58. The van der Waals surface area contributed by atoms with Crippen LogP contribution in [-0.2, 0) is 4.74 Å². The summed E-state index contributed by atoms with van der Waals surface area (Å²) in [5.74, 6) is 0.459. The van der Waals surface area contributed by atoms with Gasteiger partial charge in [0.15, 0.2) is 6.79 Å². The third-order valence-corrected chi connectivity index (χ3v) is 2.25. The van der Waals surface area contributed by atoms with Crippen LogP contribution in [0.1, 0.15) is 18.1 Å². The monoisotopic (exact) mass is 224 g/mol. The Balaban J connectivity index is 2.95. The fraction of sp³-hybridized carbons (Fsp3) is 0.455. The van der Waals surface area contributed by atoms with Crippen molar-refractivity contribution in [1.29, 1.82) is 0 Å². The highest BCUT2D eigenvalue weighted by Crippen LogP contribution is 2.14. The Bertz CT molecular complexity index is 352. The molecule has 0 aliphatic rings. The number of hydrogen-bond donors (Lipinski definition) is 2. The van der Waals surface area contributed by atoms with Crippen LogP contribution >= 0.6 is 0 Å². The summed E-state index contributed by atoms with van der Waals surface area (Å²) in [7, 11) is -1.53. The lowest BCUT2D eigenvalue weighted by Gasteiger charge is -2.14. The molecule has 0 atom stereocenters. The molecule has 4 nitrogen and oxygen atoms in total. The van der Waals surface area contributed by atoms with E-state index in [2.05, 4.69) is 0 Å². The fourth-order valence-corrected chi connectivity index (χ4v) is 1.58. The molecule has 1 aromatic rings. The molecule has 1 rings (SSSR count). The van der Waals surface area contributed by atoms with Crippen molar-refractivity contribution < 1.29 is 19.5 Å². The minimum Gasteiger partial charge on any atom is -0.468 e. The number of rotatable bonds is 5. The van der Waals surface area contributed by atoms with Gasteiger partial charge in [-0.15, -0.1) is 0 Å². The van der Waals surface area contributed by atoms with Crippen molar-refractivity contribution in [3.05, 3.63) is 23.3 Å². The molecule has 2 N–H and O–H groups in total. The standard InChI is InChI=1S/C11H17BO4/c1-4-15-7-16-10-6-8(2)5-9(3)11(10)12(13)14/h5-6,13-14H,4,7H2,1-3H3. The largest absolute Gasteiger partial charge is 0.492 e. The van der Waals surface area contributed by atoms with Crippen molar-refractivity contribution in [2.75, 3.05) is 13.4 Å². The number of ether oxygens (including phenoxy) is 2. The Morgan fingerprint density at radius 1 is 1.25 bits per heavy atom. The first-order valence-corrected chi connectivity index (χ1v) is 5.24. The maximum absolute atomic E-state index is 9.27. The van der Waals surface area contributed by atoms with Gasteiger partial charge in [0.25, 0.3) is 0 Å². The van der Waals surface area contributed by atoms with E-state index < -0.39 is 7.12 Å². The molecule has 0 aliphatic heterocycles. The average molecular weight is 224 g/mol. The van der Waals surface area contributed by atoms with Crippen molar-refractivity contribution in [3.63, 3.8) is 0 Å². The van der Waals surface area contributed by atoms with Gasteiger partial charge in [-0.05, 0) is 38.0 Å². The van der Waals surface area contributed by atoms with Gasteiger partial charge < -0.3 is 19.5 Å².